The van der Waals surface area contributed by atoms with Gasteiger partial charge in [0.05, 0.1) is 17.8 Å². The third-order valence-corrected chi connectivity index (χ3v) is 6.15. The molecule has 0 fully saturated rings. The van der Waals surface area contributed by atoms with E-state index < -0.39 is 0 Å². The lowest BCUT2D eigenvalue weighted by Crippen LogP contribution is -2.28. The molecule has 29 heavy (non-hydrogen) atoms. The molecule has 4 rings (SSSR count). The summed E-state index contributed by atoms with van der Waals surface area (Å²) in [5.74, 6) is 0.202. The van der Waals surface area contributed by atoms with E-state index in [0.717, 1.165) is 16.8 Å². The summed E-state index contributed by atoms with van der Waals surface area (Å²) in [5, 5.41) is 21.6. The maximum atomic E-state index is 13.1. The number of nitrogens with zero attached hydrogens (tertiary/aromatic N) is 2. The van der Waals surface area contributed by atoms with Gasteiger partial charge >= 0.3 is 0 Å². The van der Waals surface area contributed by atoms with Crippen LogP contribution in [0.2, 0.25) is 0 Å². The molecule has 0 radical (unpaired) electrons. The van der Waals surface area contributed by atoms with Crippen molar-refractivity contribution in [3.05, 3.63) is 81.1 Å². The van der Waals surface area contributed by atoms with Gasteiger partial charge in [0.2, 0.25) is 0 Å². The van der Waals surface area contributed by atoms with Crippen molar-refractivity contribution in [1.29, 1.82) is 5.41 Å². The van der Waals surface area contributed by atoms with Crippen LogP contribution in [0.5, 0.6) is 0 Å². The number of halogens is 1. The van der Waals surface area contributed by atoms with Gasteiger partial charge in [-0.25, -0.2) is 9.37 Å². The van der Waals surface area contributed by atoms with Gasteiger partial charge in [-0.2, -0.15) is 0 Å². The Balaban J connectivity index is 1.49. The number of rotatable bonds is 5. The zero-order chi connectivity index (χ0) is 20.5. The van der Waals surface area contributed by atoms with Crippen LogP contribution in [0.1, 0.15) is 21.7 Å². The molecule has 0 amide bonds. The molecule has 0 atom stereocenters. The molecule has 3 aromatic rings. The molecule has 2 N–H and O–H groups in total. The maximum Gasteiger partial charge on any atom is 0.135 e. The molecule has 1 aliphatic rings. The fraction of sp³-hybridized carbons (Fsp3) is 0.217. The minimum absolute atomic E-state index is 0.176. The average Bonchev–Trinajstić information content (AvgIpc) is 3.28. The highest BCUT2D eigenvalue weighted by molar-refractivity contribution is 7.11. The predicted molar refractivity (Wildman–Crippen MR) is 116 cm³/mol. The second-order valence-electron chi connectivity index (χ2n) is 7.31. The van der Waals surface area contributed by atoms with Crippen LogP contribution in [-0.4, -0.2) is 33.9 Å². The monoisotopic (exact) mass is 407 g/mol. The Hall–Kier alpha value is -2.99. The number of thiazole rings is 1. The van der Waals surface area contributed by atoms with Crippen LogP contribution in [0, 0.1) is 25.1 Å². The molecule has 0 saturated carbocycles. The van der Waals surface area contributed by atoms with Gasteiger partial charge in [0.1, 0.15) is 22.4 Å². The molecule has 0 bridgehead atoms. The Labute approximate surface area is 173 Å². The van der Waals surface area contributed by atoms with E-state index in [1.807, 2.05) is 16.3 Å². The van der Waals surface area contributed by atoms with E-state index in [9.17, 15) is 9.50 Å². The molecule has 2 heterocycles. The molecule has 1 aliphatic heterocycles. The number of nitrogens with one attached hydrogen (secondary N) is 1. The number of aromatic nitrogens is 1. The summed E-state index contributed by atoms with van der Waals surface area (Å²) in [6, 6.07) is 12.6. The topological polar surface area (TPSA) is 60.2 Å². The third kappa shape index (κ3) is 3.93. The predicted octanol–water partition coefficient (Wildman–Crippen LogP) is 5.37. The van der Waals surface area contributed by atoms with Gasteiger partial charge in [-0.05, 0) is 55.2 Å². The Morgan fingerprint density at radius 1 is 1.14 bits per heavy atom. The quantitative estimate of drug-likeness (QED) is 0.598. The highest BCUT2D eigenvalue weighted by atomic mass is 32.1. The zero-order valence-corrected chi connectivity index (χ0v) is 17.2. The van der Waals surface area contributed by atoms with E-state index in [4.69, 9.17) is 5.41 Å². The van der Waals surface area contributed by atoms with Gasteiger partial charge in [0.25, 0.3) is 0 Å². The van der Waals surface area contributed by atoms with Crippen LogP contribution in [-0.2, 0) is 6.42 Å². The standard InChI is InChI=1S/C23H22FN3OS/c1-14-3-6-17(11-15(14)2)19-13-29-23(26-19)21-20(28)12-27(22(21)25)10-9-16-4-7-18(24)8-5-16/h3-8,11,13,25,28H,9-10,12H2,1-2H3. The molecule has 0 unspecified atom stereocenters. The molecule has 0 spiro atoms. The number of hydrogen-bond donors (Lipinski definition) is 2. The summed E-state index contributed by atoms with van der Waals surface area (Å²) in [5.41, 5.74) is 5.83. The summed E-state index contributed by atoms with van der Waals surface area (Å²) in [4.78, 5) is 6.51. The lowest BCUT2D eigenvalue weighted by molar-refractivity contribution is 0.351. The van der Waals surface area contributed by atoms with Crippen molar-refractivity contribution < 1.29 is 9.50 Å². The summed E-state index contributed by atoms with van der Waals surface area (Å²) in [7, 11) is 0. The lowest BCUT2D eigenvalue weighted by atomic mass is 10.1. The Kier molecular flexibility index (Phi) is 5.20. The first kappa shape index (κ1) is 19.3. The lowest BCUT2D eigenvalue weighted by Gasteiger charge is -2.18. The number of benzene rings is 2. The Morgan fingerprint density at radius 2 is 1.90 bits per heavy atom. The Morgan fingerprint density at radius 3 is 2.62 bits per heavy atom. The SMILES string of the molecule is Cc1ccc(-c2csc(C3=C(O)CN(CCc4ccc(F)cc4)C3=N)n2)cc1C. The van der Waals surface area contributed by atoms with Crippen LogP contribution < -0.4 is 0 Å². The average molecular weight is 408 g/mol. The van der Waals surface area contributed by atoms with Crippen molar-refractivity contribution in [3.63, 3.8) is 0 Å². The molecule has 2 aromatic carbocycles. The van der Waals surface area contributed by atoms with Crippen molar-refractivity contribution in [2.75, 3.05) is 13.1 Å². The van der Waals surface area contributed by atoms with Crippen molar-refractivity contribution in [1.82, 2.24) is 9.88 Å². The first-order valence-corrected chi connectivity index (χ1v) is 10.3. The van der Waals surface area contributed by atoms with E-state index >= 15 is 0 Å². The fourth-order valence-corrected chi connectivity index (χ4v) is 4.28. The molecule has 6 heteroatoms. The molecule has 148 valence electrons. The highest BCUT2D eigenvalue weighted by Gasteiger charge is 2.30. The zero-order valence-electron chi connectivity index (χ0n) is 16.4. The van der Waals surface area contributed by atoms with Crippen LogP contribution in [0.4, 0.5) is 4.39 Å². The van der Waals surface area contributed by atoms with Gasteiger partial charge in [-0.3, -0.25) is 5.41 Å². The van der Waals surface area contributed by atoms with Crippen LogP contribution in [0.25, 0.3) is 16.8 Å². The molecular weight excluding hydrogens is 385 g/mol. The summed E-state index contributed by atoms with van der Waals surface area (Å²) >= 11 is 1.44. The summed E-state index contributed by atoms with van der Waals surface area (Å²) in [6.45, 7) is 5.03. The van der Waals surface area contributed by atoms with Crippen LogP contribution in [0.15, 0.2) is 53.6 Å². The second kappa shape index (κ2) is 7.79. The van der Waals surface area contributed by atoms with E-state index in [1.165, 1.54) is 34.6 Å². The minimum atomic E-state index is -0.257. The van der Waals surface area contributed by atoms with Crippen molar-refractivity contribution >= 4 is 22.7 Å². The maximum absolute atomic E-state index is 13.1. The largest absolute Gasteiger partial charge is 0.510 e. The summed E-state index contributed by atoms with van der Waals surface area (Å²) < 4.78 is 13.1. The molecule has 4 nitrogen and oxygen atoms in total. The van der Waals surface area contributed by atoms with E-state index in [1.54, 1.807) is 12.1 Å². The number of hydrogen-bond acceptors (Lipinski definition) is 4. The minimum Gasteiger partial charge on any atom is -0.510 e. The van der Waals surface area contributed by atoms with Gasteiger partial charge in [-0.15, -0.1) is 11.3 Å². The van der Waals surface area contributed by atoms with Gasteiger partial charge in [0, 0.05) is 17.5 Å². The smallest absolute Gasteiger partial charge is 0.135 e. The number of aliphatic hydroxyl groups excluding tert-OH is 1. The Bertz CT molecular complexity index is 1100. The third-order valence-electron chi connectivity index (χ3n) is 5.29. The van der Waals surface area contributed by atoms with Gasteiger partial charge < -0.3 is 10.0 Å². The second-order valence-corrected chi connectivity index (χ2v) is 8.16. The van der Waals surface area contributed by atoms with E-state index in [0.29, 0.717) is 30.1 Å². The highest BCUT2D eigenvalue weighted by Crippen LogP contribution is 2.32. The summed E-state index contributed by atoms with van der Waals surface area (Å²) in [6.07, 6.45) is 0.676. The fourth-order valence-electron chi connectivity index (χ4n) is 3.39. The first-order chi connectivity index (χ1) is 13.9. The number of aliphatic hydroxyl groups is 1. The van der Waals surface area contributed by atoms with Crippen molar-refractivity contribution in [2.24, 2.45) is 0 Å². The number of aryl methyl sites for hydroxylation is 2. The molecule has 0 aliphatic carbocycles. The van der Waals surface area contributed by atoms with Crippen molar-refractivity contribution in [2.45, 2.75) is 20.3 Å². The van der Waals surface area contributed by atoms with E-state index in [2.05, 4.69) is 31.0 Å². The van der Waals surface area contributed by atoms with E-state index in [-0.39, 0.29) is 17.4 Å². The molecule has 1 aromatic heterocycles. The van der Waals surface area contributed by atoms with Gasteiger partial charge in [-0.1, -0.05) is 24.3 Å². The van der Waals surface area contributed by atoms with Crippen molar-refractivity contribution in [3.8, 4) is 11.3 Å². The van der Waals surface area contributed by atoms with Crippen LogP contribution >= 0.6 is 11.3 Å². The first-order valence-electron chi connectivity index (χ1n) is 9.46. The molecule has 0 saturated heterocycles. The normalized spacial score (nSPS) is 14.2. The molecular formula is C23H22FN3OS. The van der Waals surface area contributed by atoms with Crippen LogP contribution in [0.3, 0.4) is 0 Å². The number of amidine groups is 1. The van der Waals surface area contributed by atoms with Gasteiger partial charge in [0.15, 0.2) is 0 Å².